The second kappa shape index (κ2) is 9.39. The van der Waals surface area contributed by atoms with Crippen LogP contribution in [0.1, 0.15) is 41.7 Å². The maximum atomic E-state index is 12.8. The first-order valence-electron chi connectivity index (χ1n) is 9.53. The van der Waals surface area contributed by atoms with Crippen molar-refractivity contribution in [1.29, 1.82) is 0 Å². The van der Waals surface area contributed by atoms with Crippen LogP contribution < -0.4 is 10.0 Å². The normalized spacial score (nSPS) is 12.2. The number of anilines is 1. The highest BCUT2D eigenvalue weighted by Gasteiger charge is 2.17. The molecule has 150 valence electrons. The molecule has 6 heteroatoms. The number of sulfonamides is 1. The molecule has 0 aliphatic rings. The average Bonchev–Trinajstić information content (AvgIpc) is 2.74. The van der Waals surface area contributed by atoms with Crippen LogP contribution in [0.4, 0.5) is 5.69 Å². The number of nitrogens with one attached hydrogen (secondary N) is 2. The maximum absolute atomic E-state index is 12.8. The van der Waals surface area contributed by atoms with E-state index in [1.165, 1.54) is 12.1 Å². The number of hydrogen-bond acceptors (Lipinski definition) is 3. The highest BCUT2D eigenvalue weighted by molar-refractivity contribution is 7.92. The van der Waals surface area contributed by atoms with Gasteiger partial charge in [0.25, 0.3) is 15.9 Å². The lowest BCUT2D eigenvalue weighted by molar-refractivity contribution is 0.0934. The third-order valence-electron chi connectivity index (χ3n) is 4.52. The fraction of sp³-hybridized carbons (Fsp3) is 0.174. The van der Waals surface area contributed by atoms with Crippen LogP contribution in [0.15, 0.2) is 89.8 Å². The lowest BCUT2D eigenvalue weighted by Crippen LogP contribution is -2.28. The van der Waals surface area contributed by atoms with Gasteiger partial charge in [-0.05, 0) is 42.3 Å². The van der Waals surface area contributed by atoms with Crippen molar-refractivity contribution in [3.05, 3.63) is 96.1 Å². The van der Waals surface area contributed by atoms with E-state index in [0.717, 1.165) is 18.4 Å². The molecule has 0 aliphatic heterocycles. The van der Waals surface area contributed by atoms with E-state index >= 15 is 0 Å². The van der Waals surface area contributed by atoms with Crippen LogP contribution in [0.2, 0.25) is 0 Å². The molecule has 2 N–H and O–H groups in total. The van der Waals surface area contributed by atoms with Crippen molar-refractivity contribution in [2.24, 2.45) is 0 Å². The van der Waals surface area contributed by atoms with Gasteiger partial charge in [-0.3, -0.25) is 9.52 Å². The molecule has 3 aromatic rings. The Kier molecular flexibility index (Phi) is 6.67. The Bertz CT molecular complexity index is 1050. The Hall–Kier alpha value is -3.12. The molecule has 0 unspecified atom stereocenters. The lowest BCUT2D eigenvalue weighted by atomic mass is 10.0. The summed E-state index contributed by atoms with van der Waals surface area (Å²) >= 11 is 0. The second-order valence-corrected chi connectivity index (χ2v) is 8.41. The van der Waals surface area contributed by atoms with E-state index in [4.69, 9.17) is 0 Å². The summed E-state index contributed by atoms with van der Waals surface area (Å²) in [5.74, 6) is -0.243. The zero-order chi connectivity index (χ0) is 20.7. The number of carbonyl (C=O) groups excluding carboxylic acids is 1. The van der Waals surface area contributed by atoms with Crippen molar-refractivity contribution in [3.63, 3.8) is 0 Å². The summed E-state index contributed by atoms with van der Waals surface area (Å²) in [4.78, 5) is 13.0. The van der Waals surface area contributed by atoms with E-state index in [0.29, 0.717) is 11.3 Å². The molecular formula is C23H24N2O3S. The first kappa shape index (κ1) is 20.6. The molecule has 5 nitrogen and oxygen atoms in total. The Morgan fingerprint density at radius 2 is 1.55 bits per heavy atom. The zero-order valence-electron chi connectivity index (χ0n) is 16.2. The molecule has 0 heterocycles. The molecule has 0 radical (unpaired) electrons. The minimum atomic E-state index is -3.71. The van der Waals surface area contributed by atoms with Crippen LogP contribution in [0.3, 0.4) is 0 Å². The second-order valence-electron chi connectivity index (χ2n) is 6.72. The standard InChI is InChI=1S/C23H24N2O3S/c1-2-10-22(18-11-5-3-6-12-18)24-23(26)19-13-9-14-20(17-19)25-29(27,28)21-15-7-4-8-16-21/h3-9,11-17,22,25H,2,10H2,1H3,(H,24,26)/t22-/m0/s1. The van der Waals surface area contributed by atoms with E-state index in [2.05, 4.69) is 17.0 Å². The van der Waals surface area contributed by atoms with E-state index in [-0.39, 0.29) is 16.8 Å². The van der Waals surface area contributed by atoms with Crippen LogP contribution in [0, 0.1) is 0 Å². The van der Waals surface area contributed by atoms with Crippen molar-refractivity contribution in [1.82, 2.24) is 5.32 Å². The number of hydrogen-bond donors (Lipinski definition) is 2. The van der Waals surface area contributed by atoms with E-state index < -0.39 is 10.0 Å². The molecule has 3 aromatic carbocycles. The highest BCUT2D eigenvalue weighted by atomic mass is 32.2. The molecule has 0 saturated carbocycles. The lowest BCUT2D eigenvalue weighted by Gasteiger charge is -2.19. The summed E-state index contributed by atoms with van der Waals surface area (Å²) in [5.41, 5.74) is 1.78. The molecule has 0 aromatic heterocycles. The van der Waals surface area contributed by atoms with Gasteiger partial charge in [-0.25, -0.2) is 8.42 Å². The van der Waals surface area contributed by atoms with Gasteiger partial charge in [0.1, 0.15) is 0 Å². The third-order valence-corrected chi connectivity index (χ3v) is 5.91. The quantitative estimate of drug-likeness (QED) is 0.564. The van der Waals surface area contributed by atoms with E-state index in [1.807, 2.05) is 30.3 Å². The molecule has 0 spiro atoms. The van der Waals surface area contributed by atoms with Crippen LogP contribution in [0.25, 0.3) is 0 Å². The topological polar surface area (TPSA) is 75.3 Å². The predicted molar refractivity (Wildman–Crippen MR) is 115 cm³/mol. The molecule has 1 amide bonds. The largest absolute Gasteiger partial charge is 0.345 e. The minimum absolute atomic E-state index is 0.0987. The van der Waals surface area contributed by atoms with Gasteiger partial charge in [0.05, 0.1) is 10.9 Å². The fourth-order valence-electron chi connectivity index (χ4n) is 3.08. The molecular weight excluding hydrogens is 384 g/mol. The molecule has 0 fully saturated rings. The average molecular weight is 409 g/mol. The number of rotatable bonds is 8. The first-order chi connectivity index (χ1) is 14.0. The minimum Gasteiger partial charge on any atom is -0.345 e. The van der Waals surface area contributed by atoms with Crippen LogP contribution in [-0.4, -0.2) is 14.3 Å². The number of carbonyl (C=O) groups is 1. The van der Waals surface area contributed by atoms with Gasteiger partial charge in [-0.2, -0.15) is 0 Å². The van der Waals surface area contributed by atoms with Gasteiger partial charge in [0.15, 0.2) is 0 Å². The molecule has 0 bridgehead atoms. The smallest absolute Gasteiger partial charge is 0.261 e. The van der Waals surface area contributed by atoms with Crippen molar-refractivity contribution < 1.29 is 13.2 Å². The highest BCUT2D eigenvalue weighted by Crippen LogP contribution is 2.21. The number of amides is 1. The number of benzene rings is 3. The monoisotopic (exact) mass is 408 g/mol. The first-order valence-corrected chi connectivity index (χ1v) is 11.0. The van der Waals surface area contributed by atoms with Crippen molar-refractivity contribution in [2.45, 2.75) is 30.7 Å². The Labute approximate surface area is 171 Å². The summed E-state index contributed by atoms with van der Waals surface area (Å²) in [6, 6.07) is 24.3. The van der Waals surface area contributed by atoms with Crippen molar-refractivity contribution in [3.8, 4) is 0 Å². The molecule has 0 saturated heterocycles. The Morgan fingerprint density at radius 3 is 2.21 bits per heavy atom. The Balaban J connectivity index is 1.77. The van der Waals surface area contributed by atoms with Crippen molar-refractivity contribution in [2.75, 3.05) is 4.72 Å². The Morgan fingerprint density at radius 1 is 0.897 bits per heavy atom. The summed E-state index contributed by atoms with van der Waals surface area (Å²) in [6.07, 6.45) is 1.74. The van der Waals surface area contributed by atoms with Gasteiger partial charge < -0.3 is 5.32 Å². The molecule has 1 atom stereocenters. The summed E-state index contributed by atoms with van der Waals surface area (Å²) < 4.78 is 27.6. The SMILES string of the molecule is CCC[C@H](NC(=O)c1cccc(NS(=O)(=O)c2ccccc2)c1)c1ccccc1. The van der Waals surface area contributed by atoms with Gasteiger partial charge in [0, 0.05) is 11.3 Å². The zero-order valence-corrected chi connectivity index (χ0v) is 17.0. The maximum Gasteiger partial charge on any atom is 0.261 e. The van der Waals surface area contributed by atoms with Gasteiger partial charge >= 0.3 is 0 Å². The fourth-order valence-corrected chi connectivity index (χ4v) is 4.15. The van der Waals surface area contributed by atoms with E-state index in [1.54, 1.807) is 42.5 Å². The molecule has 3 rings (SSSR count). The van der Waals surface area contributed by atoms with Gasteiger partial charge in [-0.15, -0.1) is 0 Å². The van der Waals surface area contributed by atoms with Gasteiger partial charge in [-0.1, -0.05) is 67.9 Å². The van der Waals surface area contributed by atoms with Crippen LogP contribution >= 0.6 is 0 Å². The van der Waals surface area contributed by atoms with Gasteiger partial charge in [0.2, 0.25) is 0 Å². The summed E-state index contributed by atoms with van der Waals surface area (Å²) in [5, 5.41) is 3.06. The summed E-state index contributed by atoms with van der Waals surface area (Å²) in [6.45, 7) is 2.07. The van der Waals surface area contributed by atoms with Crippen LogP contribution in [0.5, 0.6) is 0 Å². The molecule has 0 aliphatic carbocycles. The van der Waals surface area contributed by atoms with Crippen LogP contribution in [-0.2, 0) is 10.0 Å². The van der Waals surface area contributed by atoms with Crippen molar-refractivity contribution >= 4 is 21.6 Å². The van der Waals surface area contributed by atoms with E-state index in [9.17, 15) is 13.2 Å². The predicted octanol–water partition coefficient (Wildman–Crippen LogP) is 4.76. The summed E-state index contributed by atoms with van der Waals surface area (Å²) in [7, 11) is -3.71. The molecule has 29 heavy (non-hydrogen) atoms. The third kappa shape index (κ3) is 5.45.